The number of carbonyl (C=O) groups excluding carboxylic acids is 3. The van der Waals surface area contributed by atoms with Gasteiger partial charge in [-0.1, -0.05) is 11.6 Å². The average molecular weight is 324 g/mol. The van der Waals surface area contributed by atoms with Crippen molar-refractivity contribution < 1.29 is 14.4 Å². The van der Waals surface area contributed by atoms with Gasteiger partial charge in [-0.2, -0.15) is 0 Å². The second-order valence-corrected chi connectivity index (χ2v) is 5.63. The molecule has 0 radical (unpaired) electrons. The van der Waals surface area contributed by atoms with Gasteiger partial charge >= 0.3 is 0 Å². The Balaban J connectivity index is 2.10. The summed E-state index contributed by atoms with van der Waals surface area (Å²) in [5.74, 6) is -0.636. The molecule has 2 rings (SSSR count). The maximum Gasteiger partial charge on any atom is 0.255 e. The number of halogens is 1. The van der Waals surface area contributed by atoms with Gasteiger partial charge in [0.15, 0.2) is 0 Å². The van der Waals surface area contributed by atoms with Crippen molar-refractivity contribution in [2.75, 3.05) is 25.5 Å². The monoisotopic (exact) mass is 323 g/mol. The molecule has 0 aliphatic carbocycles. The number of hydrogen-bond acceptors (Lipinski definition) is 3. The van der Waals surface area contributed by atoms with Crippen LogP contribution in [0.5, 0.6) is 0 Å². The lowest BCUT2D eigenvalue weighted by Crippen LogP contribution is -2.33. The molecule has 118 valence electrons. The molecule has 0 bridgehead atoms. The number of anilines is 1. The number of hydrogen-bond donors (Lipinski definition) is 2. The van der Waals surface area contributed by atoms with Crippen molar-refractivity contribution in [2.45, 2.75) is 13.3 Å². The molecule has 1 aliphatic heterocycles. The average Bonchev–Trinajstić information content (AvgIpc) is 2.95. The number of rotatable bonds is 3. The Bertz CT molecular complexity index is 618. The molecule has 1 fully saturated rings. The first-order valence-electron chi connectivity index (χ1n) is 7.00. The Morgan fingerprint density at radius 3 is 2.64 bits per heavy atom. The minimum Gasteiger partial charge on any atom is -0.359 e. The highest BCUT2D eigenvalue weighted by Gasteiger charge is 2.31. The minimum atomic E-state index is -0.205. The summed E-state index contributed by atoms with van der Waals surface area (Å²) in [6.07, 6.45) is 0.646. The highest BCUT2D eigenvalue weighted by Crippen LogP contribution is 2.25. The quantitative estimate of drug-likeness (QED) is 0.885. The fourth-order valence-corrected chi connectivity index (χ4v) is 2.76. The third-order valence-electron chi connectivity index (χ3n) is 3.61. The zero-order valence-electron chi connectivity index (χ0n) is 12.5. The molecule has 1 aliphatic rings. The zero-order chi connectivity index (χ0) is 16.3. The summed E-state index contributed by atoms with van der Waals surface area (Å²) >= 11 is 6.13. The predicted molar refractivity (Wildman–Crippen MR) is 83.8 cm³/mol. The van der Waals surface area contributed by atoms with Crippen LogP contribution >= 0.6 is 11.6 Å². The van der Waals surface area contributed by atoms with Crippen LogP contribution in [0.3, 0.4) is 0 Å². The molecule has 2 N–H and O–H groups in total. The van der Waals surface area contributed by atoms with Crippen LogP contribution in [-0.4, -0.2) is 42.8 Å². The number of benzene rings is 1. The van der Waals surface area contributed by atoms with Crippen LogP contribution in [0.2, 0.25) is 5.02 Å². The Morgan fingerprint density at radius 2 is 2.05 bits per heavy atom. The SMILES string of the molecule is CNC(=O)[C@H]1CCN(C(=O)c2ccc(NC(C)=O)cc2Cl)C1. The Labute approximate surface area is 133 Å². The zero-order valence-corrected chi connectivity index (χ0v) is 13.2. The highest BCUT2D eigenvalue weighted by atomic mass is 35.5. The molecule has 0 unspecified atom stereocenters. The van der Waals surface area contributed by atoms with Crippen molar-refractivity contribution in [3.8, 4) is 0 Å². The summed E-state index contributed by atoms with van der Waals surface area (Å²) in [5.41, 5.74) is 0.909. The van der Waals surface area contributed by atoms with Crippen molar-refractivity contribution in [1.82, 2.24) is 10.2 Å². The van der Waals surface area contributed by atoms with E-state index in [9.17, 15) is 14.4 Å². The lowest BCUT2D eigenvalue weighted by Gasteiger charge is -2.17. The number of amides is 3. The van der Waals surface area contributed by atoms with Crippen molar-refractivity contribution in [3.05, 3.63) is 28.8 Å². The molecule has 0 spiro atoms. The fourth-order valence-electron chi connectivity index (χ4n) is 2.50. The number of nitrogens with zero attached hydrogens (tertiary/aromatic N) is 1. The molecule has 7 heteroatoms. The van der Waals surface area contributed by atoms with Crippen molar-refractivity contribution in [2.24, 2.45) is 5.92 Å². The summed E-state index contributed by atoms with van der Waals surface area (Å²) in [5, 5.41) is 5.49. The Hall–Kier alpha value is -2.08. The molecule has 1 saturated heterocycles. The largest absolute Gasteiger partial charge is 0.359 e. The third-order valence-corrected chi connectivity index (χ3v) is 3.93. The minimum absolute atomic E-state index is 0.0533. The maximum atomic E-state index is 12.5. The van der Waals surface area contributed by atoms with E-state index in [1.165, 1.54) is 6.92 Å². The van der Waals surface area contributed by atoms with Gasteiger partial charge in [0.2, 0.25) is 11.8 Å². The fraction of sp³-hybridized carbons (Fsp3) is 0.400. The number of likely N-dealkylation sites (tertiary alicyclic amines) is 1. The van der Waals surface area contributed by atoms with E-state index < -0.39 is 0 Å². The van der Waals surface area contributed by atoms with E-state index in [0.717, 1.165) is 0 Å². The first kappa shape index (κ1) is 16.3. The van der Waals surface area contributed by atoms with Crippen LogP contribution in [0.25, 0.3) is 0 Å². The van der Waals surface area contributed by atoms with E-state index in [0.29, 0.717) is 30.8 Å². The second kappa shape index (κ2) is 6.79. The van der Waals surface area contributed by atoms with E-state index in [-0.39, 0.29) is 28.7 Å². The lowest BCUT2D eigenvalue weighted by atomic mass is 10.1. The number of nitrogens with one attached hydrogen (secondary N) is 2. The Kier molecular flexibility index (Phi) is 5.03. The van der Waals surface area contributed by atoms with Crippen molar-refractivity contribution in [3.63, 3.8) is 0 Å². The molecule has 1 aromatic rings. The second-order valence-electron chi connectivity index (χ2n) is 5.23. The van der Waals surface area contributed by atoms with Crippen LogP contribution in [-0.2, 0) is 9.59 Å². The van der Waals surface area contributed by atoms with Gasteiger partial charge in [0.25, 0.3) is 5.91 Å². The van der Waals surface area contributed by atoms with Gasteiger partial charge in [0.1, 0.15) is 0 Å². The molecule has 3 amide bonds. The predicted octanol–water partition coefficient (Wildman–Crippen LogP) is 1.51. The van der Waals surface area contributed by atoms with Gasteiger partial charge in [-0.05, 0) is 24.6 Å². The van der Waals surface area contributed by atoms with Crippen LogP contribution < -0.4 is 10.6 Å². The molecule has 1 heterocycles. The van der Waals surface area contributed by atoms with Gasteiger partial charge in [0, 0.05) is 32.7 Å². The molecule has 1 aromatic carbocycles. The van der Waals surface area contributed by atoms with E-state index >= 15 is 0 Å². The van der Waals surface area contributed by atoms with Crippen LogP contribution in [0.15, 0.2) is 18.2 Å². The normalized spacial score (nSPS) is 17.2. The first-order valence-corrected chi connectivity index (χ1v) is 7.38. The molecular weight excluding hydrogens is 306 g/mol. The van der Waals surface area contributed by atoms with Crippen LogP contribution in [0.4, 0.5) is 5.69 Å². The van der Waals surface area contributed by atoms with Gasteiger partial charge in [-0.3, -0.25) is 14.4 Å². The van der Waals surface area contributed by atoms with Gasteiger partial charge in [0.05, 0.1) is 16.5 Å². The van der Waals surface area contributed by atoms with Crippen molar-refractivity contribution >= 4 is 35.0 Å². The molecule has 1 atom stereocenters. The molecule has 0 saturated carbocycles. The van der Waals surface area contributed by atoms with Gasteiger partial charge in [-0.25, -0.2) is 0 Å². The first-order chi connectivity index (χ1) is 10.4. The highest BCUT2D eigenvalue weighted by molar-refractivity contribution is 6.34. The summed E-state index contributed by atoms with van der Waals surface area (Å²) in [6.45, 7) is 2.32. The maximum absolute atomic E-state index is 12.5. The van der Waals surface area contributed by atoms with E-state index in [2.05, 4.69) is 10.6 Å². The van der Waals surface area contributed by atoms with E-state index in [4.69, 9.17) is 11.6 Å². The Morgan fingerprint density at radius 1 is 1.32 bits per heavy atom. The lowest BCUT2D eigenvalue weighted by molar-refractivity contribution is -0.124. The standard InChI is InChI=1S/C15H18ClN3O3/c1-9(20)18-11-3-4-12(13(16)7-11)15(22)19-6-5-10(8-19)14(21)17-2/h3-4,7,10H,5-6,8H2,1-2H3,(H,17,21)(H,18,20)/t10-/m0/s1. The third kappa shape index (κ3) is 3.57. The van der Waals surface area contributed by atoms with Gasteiger partial charge in [-0.15, -0.1) is 0 Å². The summed E-state index contributed by atoms with van der Waals surface area (Å²) in [6, 6.07) is 4.76. The van der Waals surface area contributed by atoms with Gasteiger partial charge < -0.3 is 15.5 Å². The molecule has 22 heavy (non-hydrogen) atoms. The van der Waals surface area contributed by atoms with E-state index in [1.54, 1.807) is 30.1 Å². The topological polar surface area (TPSA) is 78.5 Å². The summed E-state index contributed by atoms with van der Waals surface area (Å²) in [4.78, 5) is 36.7. The summed E-state index contributed by atoms with van der Waals surface area (Å²) in [7, 11) is 1.59. The van der Waals surface area contributed by atoms with Crippen LogP contribution in [0, 0.1) is 5.92 Å². The molecular formula is C15H18ClN3O3. The number of carbonyl (C=O) groups is 3. The molecule has 0 aromatic heterocycles. The van der Waals surface area contributed by atoms with Crippen molar-refractivity contribution in [1.29, 1.82) is 0 Å². The summed E-state index contributed by atoms with van der Waals surface area (Å²) < 4.78 is 0. The smallest absolute Gasteiger partial charge is 0.255 e. The molecule has 6 nitrogen and oxygen atoms in total. The van der Waals surface area contributed by atoms with E-state index in [1.807, 2.05) is 0 Å². The van der Waals surface area contributed by atoms with Crippen LogP contribution in [0.1, 0.15) is 23.7 Å².